The number of rotatable bonds is 3. The van der Waals surface area contributed by atoms with Crippen LogP contribution in [0.3, 0.4) is 0 Å². The summed E-state index contributed by atoms with van der Waals surface area (Å²) in [6.07, 6.45) is 0. The first kappa shape index (κ1) is 21.9. The van der Waals surface area contributed by atoms with Crippen molar-refractivity contribution in [2.75, 3.05) is 31.2 Å². The van der Waals surface area contributed by atoms with Crippen LogP contribution in [-0.4, -0.2) is 43.0 Å². The van der Waals surface area contributed by atoms with Crippen molar-refractivity contribution in [3.8, 4) is 0 Å². The number of hydrogen-bond acceptors (Lipinski definition) is 4. The highest BCUT2D eigenvalue weighted by atomic mass is 35.5. The molecule has 2 heterocycles. The number of hydrogen-bond donors (Lipinski definition) is 0. The zero-order valence-corrected chi connectivity index (χ0v) is 19.2. The quantitative estimate of drug-likeness (QED) is 0.510. The number of anilines is 1. The Kier molecular flexibility index (Phi) is 6.10. The highest BCUT2D eigenvalue weighted by Crippen LogP contribution is 2.42. The topological polar surface area (TPSA) is 49.9 Å². The molecule has 168 valence electrons. The molecule has 3 aromatic rings. The molecule has 33 heavy (non-hydrogen) atoms. The molecule has 0 N–H and O–H groups in total. The maximum Gasteiger partial charge on any atom is 0.259 e. The van der Waals surface area contributed by atoms with Crippen LogP contribution in [0.2, 0.25) is 5.02 Å². The molecule has 8 heteroatoms. The van der Waals surface area contributed by atoms with E-state index >= 15 is 0 Å². The Morgan fingerprint density at radius 2 is 1.82 bits per heavy atom. The van der Waals surface area contributed by atoms with Crippen LogP contribution in [0, 0.1) is 5.82 Å². The maximum atomic E-state index is 13.6. The van der Waals surface area contributed by atoms with Gasteiger partial charge in [-0.05, 0) is 48.0 Å². The summed E-state index contributed by atoms with van der Waals surface area (Å²) >= 11 is 7.78. The second-order valence-corrected chi connectivity index (χ2v) is 9.30. The fraction of sp³-hybridized carbons (Fsp3) is 0.200. The number of benzene rings is 3. The van der Waals surface area contributed by atoms with Gasteiger partial charge in [0.1, 0.15) is 5.82 Å². The molecule has 0 saturated carbocycles. The number of fused-ring (bicyclic) bond motifs is 2. The van der Waals surface area contributed by atoms with E-state index in [0.717, 1.165) is 9.79 Å². The van der Waals surface area contributed by atoms with Gasteiger partial charge >= 0.3 is 0 Å². The molecule has 0 bridgehead atoms. The molecule has 0 spiro atoms. The van der Waals surface area contributed by atoms with E-state index in [1.807, 2.05) is 24.3 Å². The first-order valence-corrected chi connectivity index (χ1v) is 11.7. The van der Waals surface area contributed by atoms with Crippen LogP contribution in [-0.2, 0) is 11.3 Å². The first-order valence-electron chi connectivity index (χ1n) is 10.5. The van der Waals surface area contributed by atoms with Crippen LogP contribution in [0.1, 0.15) is 26.3 Å². The summed E-state index contributed by atoms with van der Waals surface area (Å²) in [4.78, 5) is 31.8. The lowest BCUT2D eigenvalue weighted by molar-refractivity contribution is 0.0303. The van der Waals surface area contributed by atoms with Crippen molar-refractivity contribution in [2.24, 2.45) is 0 Å². The molecule has 2 aliphatic heterocycles. The number of nitrogens with zero attached hydrogens (tertiary/aromatic N) is 2. The molecule has 0 aliphatic carbocycles. The van der Waals surface area contributed by atoms with E-state index in [1.165, 1.54) is 23.9 Å². The van der Waals surface area contributed by atoms with Crippen molar-refractivity contribution in [1.29, 1.82) is 0 Å². The van der Waals surface area contributed by atoms with Crippen LogP contribution in [0.5, 0.6) is 0 Å². The molecule has 2 aliphatic rings. The monoisotopic (exact) mass is 482 g/mol. The highest BCUT2D eigenvalue weighted by molar-refractivity contribution is 7.99. The molecule has 5 rings (SSSR count). The molecular formula is C25H20ClFN2O3S. The van der Waals surface area contributed by atoms with Crippen molar-refractivity contribution < 1.29 is 18.7 Å². The van der Waals surface area contributed by atoms with Gasteiger partial charge in [0.2, 0.25) is 0 Å². The van der Waals surface area contributed by atoms with Crippen molar-refractivity contribution in [3.05, 3.63) is 88.2 Å². The lowest BCUT2D eigenvalue weighted by Gasteiger charge is -2.28. The predicted octanol–water partition coefficient (Wildman–Crippen LogP) is 5.26. The van der Waals surface area contributed by atoms with Gasteiger partial charge in [-0.3, -0.25) is 9.59 Å². The van der Waals surface area contributed by atoms with Gasteiger partial charge in [0.05, 0.1) is 31.0 Å². The summed E-state index contributed by atoms with van der Waals surface area (Å²) in [5, 5.41) is 0.245. The summed E-state index contributed by atoms with van der Waals surface area (Å²) in [6.45, 7) is 2.23. The average molecular weight is 483 g/mol. The Morgan fingerprint density at radius 1 is 1.03 bits per heavy atom. The first-order chi connectivity index (χ1) is 16.0. The Hall–Kier alpha value is -2.87. The summed E-state index contributed by atoms with van der Waals surface area (Å²) in [5.41, 5.74) is 2.32. The fourth-order valence-corrected chi connectivity index (χ4v) is 5.27. The lowest BCUT2D eigenvalue weighted by atomic mass is 10.1. The molecule has 0 radical (unpaired) electrons. The summed E-state index contributed by atoms with van der Waals surface area (Å²) in [5.74, 6) is -0.737. The van der Waals surface area contributed by atoms with Gasteiger partial charge in [-0.15, -0.1) is 0 Å². The second kappa shape index (κ2) is 9.17. The van der Waals surface area contributed by atoms with Crippen LogP contribution in [0.4, 0.5) is 10.1 Å². The molecule has 5 nitrogen and oxygen atoms in total. The van der Waals surface area contributed by atoms with Crippen molar-refractivity contribution in [3.63, 3.8) is 0 Å². The molecule has 1 fully saturated rings. The normalized spacial score (nSPS) is 15.6. The molecule has 3 aromatic carbocycles. The molecule has 1 saturated heterocycles. The van der Waals surface area contributed by atoms with Gasteiger partial charge < -0.3 is 14.5 Å². The van der Waals surface area contributed by atoms with Crippen LogP contribution in [0.15, 0.2) is 70.5 Å². The minimum atomic E-state index is -0.439. The molecule has 0 aromatic heterocycles. The van der Waals surface area contributed by atoms with Gasteiger partial charge in [-0.25, -0.2) is 4.39 Å². The SMILES string of the molecule is O=C(c1ccc2c(c1)N(Cc1ccc(F)cc1Cl)C(=O)c1ccccc1S2)N1CCOCC1. The van der Waals surface area contributed by atoms with Crippen LogP contribution in [0.25, 0.3) is 0 Å². The highest BCUT2D eigenvalue weighted by Gasteiger charge is 2.29. The van der Waals surface area contributed by atoms with E-state index in [9.17, 15) is 14.0 Å². The second-order valence-electron chi connectivity index (χ2n) is 7.81. The van der Waals surface area contributed by atoms with Gasteiger partial charge in [0.15, 0.2) is 0 Å². The molecular weight excluding hydrogens is 463 g/mol. The van der Waals surface area contributed by atoms with Gasteiger partial charge in [-0.2, -0.15) is 0 Å². The van der Waals surface area contributed by atoms with Gasteiger partial charge in [0.25, 0.3) is 11.8 Å². The maximum absolute atomic E-state index is 13.6. The number of halogens is 2. The Bertz CT molecular complexity index is 1250. The minimum absolute atomic E-state index is 0.0972. The smallest absolute Gasteiger partial charge is 0.259 e. The minimum Gasteiger partial charge on any atom is -0.378 e. The fourth-order valence-electron chi connectivity index (χ4n) is 3.98. The zero-order chi connectivity index (χ0) is 22.9. The van der Waals surface area contributed by atoms with E-state index in [0.29, 0.717) is 48.7 Å². The van der Waals surface area contributed by atoms with Crippen molar-refractivity contribution in [2.45, 2.75) is 16.3 Å². The van der Waals surface area contributed by atoms with Gasteiger partial charge in [0, 0.05) is 33.5 Å². The van der Waals surface area contributed by atoms with E-state index < -0.39 is 5.82 Å². The zero-order valence-electron chi connectivity index (χ0n) is 17.6. The third-order valence-electron chi connectivity index (χ3n) is 5.72. The third kappa shape index (κ3) is 4.36. The third-order valence-corrected chi connectivity index (χ3v) is 7.21. The van der Waals surface area contributed by atoms with Crippen LogP contribution < -0.4 is 4.90 Å². The van der Waals surface area contributed by atoms with Gasteiger partial charge in [-0.1, -0.05) is 41.6 Å². The number of amides is 2. The molecule has 2 amide bonds. The van der Waals surface area contributed by atoms with Crippen LogP contribution >= 0.6 is 23.4 Å². The Balaban J connectivity index is 1.59. The van der Waals surface area contributed by atoms with E-state index in [-0.39, 0.29) is 23.4 Å². The lowest BCUT2D eigenvalue weighted by Crippen LogP contribution is -2.40. The number of morpholine rings is 1. The van der Waals surface area contributed by atoms with E-state index in [4.69, 9.17) is 16.3 Å². The standard InChI is InChI=1S/C25H20ClFN2O3S/c26-20-14-18(27)7-5-17(20)15-29-21-13-16(24(30)28-9-11-32-12-10-28)6-8-23(21)33-22-4-2-1-3-19(22)25(29)31/h1-8,13-14H,9-12,15H2. The molecule has 0 atom stereocenters. The predicted molar refractivity (Wildman–Crippen MR) is 126 cm³/mol. The van der Waals surface area contributed by atoms with E-state index in [1.54, 1.807) is 34.1 Å². The largest absolute Gasteiger partial charge is 0.378 e. The number of carbonyl (C=O) groups excluding carboxylic acids is 2. The number of carbonyl (C=O) groups is 2. The molecule has 0 unspecified atom stereocenters. The summed E-state index contributed by atoms with van der Waals surface area (Å²) in [7, 11) is 0. The Labute approximate surface area is 200 Å². The van der Waals surface area contributed by atoms with Crippen molar-refractivity contribution in [1.82, 2.24) is 4.90 Å². The Morgan fingerprint density at radius 3 is 2.61 bits per heavy atom. The van der Waals surface area contributed by atoms with E-state index in [2.05, 4.69) is 0 Å². The summed E-state index contributed by atoms with van der Waals surface area (Å²) < 4.78 is 19.0. The average Bonchev–Trinajstić information content (AvgIpc) is 2.95. The van der Waals surface area contributed by atoms with Crippen molar-refractivity contribution >= 4 is 40.9 Å². The summed E-state index contributed by atoms with van der Waals surface area (Å²) in [6, 6.07) is 17.0. The number of ether oxygens (including phenoxy) is 1.